The minimum atomic E-state index is -4.44. The summed E-state index contributed by atoms with van der Waals surface area (Å²) in [4.78, 5) is 12.6. The molecular weight excluding hydrogens is 436 g/mol. The molecule has 160 valence electrons. The van der Waals surface area contributed by atoms with E-state index in [0.29, 0.717) is 33.4 Å². The van der Waals surface area contributed by atoms with Crippen molar-refractivity contribution in [2.24, 2.45) is 0 Å². The molecule has 31 heavy (non-hydrogen) atoms. The van der Waals surface area contributed by atoms with Crippen molar-refractivity contribution in [2.45, 2.75) is 17.4 Å². The number of hydrogen-bond acceptors (Lipinski definition) is 7. The number of benzene rings is 2. The van der Waals surface area contributed by atoms with E-state index in [0.717, 1.165) is 5.70 Å². The maximum atomic E-state index is 12.2. The van der Waals surface area contributed by atoms with Gasteiger partial charge in [-0.25, -0.2) is 0 Å². The number of carbonyl (C=O) groups excluding carboxylic acids is 1. The molecule has 2 aromatic carbocycles. The summed E-state index contributed by atoms with van der Waals surface area (Å²) in [6.07, 6.45) is 6.15. The Balaban J connectivity index is 1.46. The van der Waals surface area contributed by atoms with Crippen molar-refractivity contribution in [1.29, 1.82) is 0 Å². The van der Waals surface area contributed by atoms with Crippen LogP contribution in [-0.2, 0) is 10.1 Å². The summed E-state index contributed by atoms with van der Waals surface area (Å²) in [6, 6.07) is 11.4. The van der Waals surface area contributed by atoms with Crippen molar-refractivity contribution in [1.82, 2.24) is 10.7 Å². The molecule has 1 aliphatic carbocycles. The van der Waals surface area contributed by atoms with Gasteiger partial charge in [-0.3, -0.25) is 14.8 Å². The quantitative estimate of drug-likeness (QED) is 0.218. The number of rotatable bonds is 6. The second-order valence-corrected chi connectivity index (χ2v) is 9.26. The molecule has 0 saturated heterocycles. The predicted octanol–water partition coefficient (Wildman–Crippen LogP) is 3.29. The number of amides is 1. The Morgan fingerprint density at radius 3 is 2.55 bits per heavy atom. The van der Waals surface area contributed by atoms with Crippen LogP contribution < -0.4 is 21.9 Å². The van der Waals surface area contributed by atoms with Gasteiger partial charge in [-0.05, 0) is 30.0 Å². The molecule has 1 amide bonds. The van der Waals surface area contributed by atoms with Crippen molar-refractivity contribution in [3.63, 3.8) is 0 Å². The summed E-state index contributed by atoms with van der Waals surface area (Å²) >= 11 is 1.38. The Morgan fingerprint density at radius 2 is 1.90 bits per heavy atom. The fourth-order valence-corrected chi connectivity index (χ4v) is 4.64. The lowest BCUT2D eigenvalue weighted by atomic mass is 10.1. The molecule has 1 atom stereocenters. The Bertz CT molecular complexity index is 1300. The lowest BCUT2D eigenvalue weighted by molar-refractivity contribution is 0.0948. The topological polar surface area (TPSA) is 134 Å². The summed E-state index contributed by atoms with van der Waals surface area (Å²) in [5.41, 5.74) is 13.5. The SMILES string of the molecule is Nc1c(NNC2=CCC(NC(=O)c3cccs3)C=C2)cc(S(=O)(=O)O)c2ccccc12. The summed E-state index contributed by atoms with van der Waals surface area (Å²) < 4.78 is 33.3. The first-order chi connectivity index (χ1) is 14.8. The van der Waals surface area contributed by atoms with E-state index < -0.39 is 10.1 Å². The Labute approximate surface area is 183 Å². The van der Waals surface area contributed by atoms with Crippen LogP contribution in [0.5, 0.6) is 0 Å². The minimum Gasteiger partial charge on any atom is -0.396 e. The van der Waals surface area contributed by atoms with Gasteiger partial charge in [0.05, 0.1) is 22.3 Å². The van der Waals surface area contributed by atoms with E-state index in [2.05, 4.69) is 16.2 Å². The van der Waals surface area contributed by atoms with Gasteiger partial charge in [0, 0.05) is 16.5 Å². The molecule has 3 aromatic rings. The molecule has 8 nitrogen and oxygen atoms in total. The number of hydrogen-bond donors (Lipinski definition) is 5. The number of fused-ring (bicyclic) bond motifs is 1. The monoisotopic (exact) mass is 456 g/mol. The van der Waals surface area contributed by atoms with Crippen LogP contribution in [0.4, 0.5) is 11.4 Å². The lowest BCUT2D eigenvalue weighted by Gasteiger charge is -2.20. The first kappa shape index (κ1) is 20.9. The normalized spacial score (nSPS) is 16.0. The molecular formula is C21H20N4O4S2. The highest BCUT2D eigenvalue weighted by Crippen LogP contribution is 2.34. The van der Waals surface area contributed by atoms with E-state index in [1.165, 1.54) is 17.4 Å². The number of hydrazine groups is 1. The van der Waals surface area contributed by atoms with E-state index in [1.54, 1.807) is 36.4 Å². The fraction of sp³-hybridized carbons (Fsp3) is 0.0952. The van der Waals surface area contributed by atoms with Crippen LogP contribution in [0, 0.1) is 0 Å². The van der Waals surface area contributed by atoms with E-state index in [4.69, 9.17) is 5.73 Å². The van der Waals surface area contributed by atoms with Gasteiger partial charge >= 0.3 is 0 Å². The standard InChI is InChI=1S/C21H20N4O4S2/c22-20-16-5-2-1-4-15(16)19(31(27,28)29)12-17(20)25-24-14-9-7-13(8-10-14)23-21(26)18-6-3-11-30-18/h1-7,9-13,24-25H,8,22H2,(H,23,26)(H,27,28,29). The molecule has 0 spiro atoms. The average molecular weight is 457 g/mol. The van der Waals surface area contributed by atoms with Crippen LogP contribution in [0.25, 0.3) is 10.8 Å². The van der Waals surface area contributed by atoms with Gasteiger partial charge in [-0.2, -0.15) is 8.42 Å². The molecule has 10 heteroatoms. The highest BCUT2D eigenvalue weighted by Gasteiger charge is 2.19. The lowest BCUT2D eigenvalue weighted by Crippen LogP contribution is -2.34. The molecule has 1 heterocycles. The smallest absolute Gasteiger partial charge is 0.295 e. The third-order valence-electron chi connectivity index (χ3n) is 4.83. The Morgan fingerprint density at radius 1 is 1.13 bits per heavy atom. The van der Waals surface area contributed by atoms with Crippen LogP contribution in [-0.4, -0.2) is 24.9 Å². The first-order valence-corrected chi connectivity index (χ1v) is 11.7. The van der Waals surface area contributed by atoms with Gasteiger partial charge in [0.1, 0.15) is 4.90 Å². The third-order valence-corrected chi connectivity index (χ3v) is 6.59. The number of carbonyl (C=O) groups is 1. The Kier molecular flexibility index (Phi) is 5.68. The molecule has 1 aromatic heterocycles. The summed E-state index contributed by atoms with van der Waals surface area (Å²) in [7, 11) is -4.44. The van der Waals surface area contributed by atoms with Crippen molar-refractivity contribution in [3.05, 3.63) is 76.6 Å². The molecule has 1 unspecified atom stereocenters. The van der Waals surface area contributed by atoms with Crippen LogP contribution in [0.2, 0.25) is 0 Å². The van der Waals surface area contributed by atoms with Crippen LogP contribution >= 0.6 is 11.3 Å². The molecule has 1 aliphatic rings. The summed E-state index contributed by atoms with van der Waals surface area (Å²) in [5.74, 6) is -0.116. The van der Waals surface area contributed by atoms with Gasteiger partial charge in [0.25, 0.3) is 16.0 Å². The number of nitrogens with two attached hydrogens (primary N) is 1. The van der Waals surface area contributed by atoms with E-state index in [1.807, 2.05) is 23.6 Å². The molecule has 0 radical (unpaired) electrons. The largest absolute Gasteiger partial charge is 0.396 e. The zero-order valence-electron chi connectivity index (χ0n) is 16.2. The Hall–Kier alpha value is -3.34. The number of anilines is 2. The second kappa shape index (κ2) is 8.42. The molecule has 0 aliphatic heterocycles. The van der Waals surface area contributed by atoms with E-state index in [9.17, 15) is 17.8 Å². The van der Waals surface area contributed by atoms with Crippen molar-refractivity contribution < 1.29 is 17.8 Å². The zero-order valence-corrected chi connectivity index (χ0v) is 17.8. The maximum absolute atomic E-state index is 12.2. The van der Waals surface area contributed by atoms with Crippen molar-refractivity contribution in [3.8, 4) is 0 Å². The molecule has 0 bridgehead atoms. The zero-order chi connectivity index (χ0) is 22.0. The third kappa shape index (κ3) is 4.55. The number of allylic oxidation sites excluding steroid dienone is 1. The van der Waals surface area contributed by atoms with Crippen molar-refractivity contribution in [2.75, 3.05) is 11.2 Å². The second-order valence-electron chi connectivity index (χ2n) is 6.92. The number of nitrogens with one attached hydrogen (secondary N) is 3. The highest BCUT2D eigenvalue weighted by molar-refractivity contribution is 7.86. The van der Waals surface area contributed by atoms with Crippen LogP contribution in [0.15, 0.2) is 76.7 Å². The number of thiophene rings is 1. The summed E-state index contributed by atoms with van der Waals surface area (Å²) in [6.45, 7) is 0. The van der Waals surface area contributed by atoms with Crippen LogP contribution in [0.3, 0.4) is 0 Å². The highest BCUT2D eigenvalue weighted by atomic mass is 32.2. The van der Waals surface area contributed by atoms with Gasteiger partial charge in [-0.15, -0.1) is 11.3 Å². The molecule has 0 saturated carbocycles. The summed E-state index contributed by atoms with van der Waals surface area (Å²) in [5, 5.41) is 5.65. The maximum Gasteiger partial charge on any atom is 0.295 e. The molecule has 4 rings (SSSR count). The van der Waals surface area contributed by atoms with Gasteiger partial charge in [0.15, 0.2) is 0 Å². The number of nitrogen functional groups attached to an aromatic ring is 1. The fourth-order valence-electron chi connectivity index (χ4n) is 3.29. The first-order valence-electron chi connectivity index (χ1n) is 9.36. The van der Waals surface area contributed by atoms with Gasteiger partial charge in [0.2, 0.25) is 0 Å². The van der Waals surface area contributed by atoms with E-state index >= 15 is 0 Å². The average Bonchev–Trinajstić information content (AvgIpc) is 3.29. The minimum absolute atomic E-state index is 0.116. The predicted molar refractivity (Wildman–Crippen MR) is 122 cm³/mol. The van der Waals surface area contributed by atoms with E-state index in [-0.39, 0.29) is 16.8 Å². The van der Waals surface area contributed by atoms with Crippen molar-refractivity contribution >= 4 is 49.5 Å². The molecule has 0 fully saturated rings. The van der Waals surface area contributed by atoms with Gasteiger partial charge in [-0.1, -0.05) is 42.5 Å². The van der Waals surface area contributed by atoms with Crippen LogP contribution in [0.1, 0.15) is 16.1 Å². The van der Waals surface area contributed by atoms with Gasteiger partial charge < -0.3 is 16.5 Å². The molecule has 6 N–H and O–H groups in total.